The van der Waals surface area contributed by atoms with Crippen molar-refractivity contribution in [2.24, 2.45) is 5.73 Å². The van der Waals surface area contributed by atoms with Crippen LogP contribution in [0.15, 0.2) is 41.6 Å². The number of ether oxygens (including phenoxy) is 1. The van der Waals surface area contributed by atoms with Crippen LogP contribution in [0.5, 0.6) is 5.75 Å². The van der Waals surface area contributed by atoms with Crippen molar-refractivity contribution in [2.45, 2.75) is 4.90 Å². The van der Waals surface area contributed by atoms with Crippen molar-refractivity contribution >= 4 is 15.7 Å². The molecule has 0 spiro atoms. The monoisotopic (exact) mass is 282 g/mol. The molecule has 8 heteroatoms. The normalized spacial score (nSPS) is 11.2. The number of aromatic nitrogens is 2. The first-order valence-electron chi connectivity index (χ1n) is 5.57. The minimum absolute atomic E-state index is 0.0566. The number of nitrogens with zero attached hydrogens (tertiary/aromatic N) is 1. The van der Waals surface area contributed by atoms with E-state index in [0.29, 0.717) is 24.6 Å². The van der Waals surface area contributed by atoms with Crippen molar-refractivity contribution in [1.82, 2.24) is 10.2 Å². The van der Waals surface area contributed by atoms with Crippen molar-refractivity contribution in [3.05, 3.63) is 36.7 Å². The standard InChI is InChI=1S/C11H14N4O3S/c12-5-6-18-11-4-2-1-3-10(11)15-19(16,17)9-7-13-14-8-9/h1-4,7-8,15H,5-6,12H2,(H,13,14). The third-order valence-electron chi connectivity index (χ3n) is 2.29. The average molecular weight is 282 g/mol. The van der Waals surface area contributed by atoms with Crippen molar-refractivity contribution in [3.63, 3.8) is 0 Å². The van der Waals surface area contributed by atoms with Crippen LogP contribution in [0.4, 0.5) is 5.69 Å². The van der Waals surface area contributed by atoms with Gasteiger partial charge in [0.25, 0.3) is 10.0 Å². The molecule has 0 saturated heterocycles. The summed E-state index contributed by atoms with van der Waals surface area (Å²) < 4.78 is 31.9. The Labute approximate surface area is 110 Å². The highest BCUT2D eigenvalue weighted by atomic mass is 32.2. The maximum atomic E-state index is 12.0. The summed E-state index contributed by atoms with van der Waals surface area (Å²) in [6.07, 6.45) is 2.53. The van der Waals surface area contributed by atoms with Gasteiger partial charge in [0, 0.05) is 12.7 Å². The van der Waals surface area contributed by atoms with Crippen LogP contribution in [-0.4, -0.2) is 31.8 Å². The number of anilines is 1. The number of benzene rings is 1. The number of para-hydroxylation sites is 2. The smallest absolute Gasteiger partial charge is 0.265 e. The second kappa shape index (κ2) is 5.72. The van der Waals surface area contributed by atoms with E-state index in [4.69, 9.17) is 10.5 Å². The number of nitrogens with one attached hydrogen (secondary N) is 2. The number of nitrogens with two attached hydrogens (primary N) is 1. The topological polar surface area (TPSA) is 110 Å². The van der Waals surface area contributed by atoms with Crippen molar-refractivity contribution in [2.75, 3.05) is 17.9 Å². The third kappa shape index (κ3) is 3.24. The van der Waals surface area contributed by atoms with E-state index in [2.05, 4.69) is 14.9 Å². The molecule has 0 amide bonds. The summed E-state index contributed by atoms with van der Waals surface area (Å²) in [5, 5.41) is 6.06. The fourth-order valence-corrected chi connectivity index (χ4v) is 2.41. The molecule has 0 saturated carbocycles. The maximum Gasteiger partial charge on any atom is 0.265 e. The Balaban J connectivity index is 2.24. The summed E-state index contributed by atoms with van der Waals surface area (Å²) in [4.78, 5) is 0.0566. The first-order valence-corrected chi connectivity index (χ1v) is 7.05. The molecule has 7 nitrogen and oxygen atoms in total. The molecule has 0 unspecified atom stereocenters. The lowest BCUT2D eigenvalue weighted by Crippen LogP contribution is -2.15. The molecule has 0 aliphatic carbocycles. The Hall–Kier alpha value is -2.06. The molecule has 0 fully saturated rings. The minimum Gasteiger partial charge on any atom is -0.490 e. The first kappa shape index (κ1) is 13.4. The lowest BCUT2D eigenvalue weighted by Gasteiger charge is -2.12. The van der Waals surface area contributed by atoms with Gasteiger partial charge in [-0.15, -0.1) is 0 Å². The van der Waals surface area contributed by atoms with Gasteiger partial charge in [0.05, 0.1) is 11.9 Å². The third-order valence-corrected chi connectivity index (χ3v) is 3.62. The lowest BCUT2D eigenvalue weighted by molar-refractivity contribution is 0.330. The van der Waals surface area contributed by atoms with Crippen LogP contribution < -0.4 is 15.2 Å². The molecule has 1 aromatic carbocycles. The van der Waals surface area contributed by atoms with Gasteiger partial charge in [-0.1, -0.05) is 12.1 Å². The molecular weight excluding hydrogens is 268 g/mol. The predicted molar refractivity (Wildman–Crippen MR) is 70.4 cm³/mol. The van der Waals surface area contributed by atoms with E-state index in [1.807, 2.05) is 0 Å². The van der Waals surface area contributed by atoms with Crippen molar-refractivity contribution in [1.29, 1.82) is 0 Å². The number of H-pyrrole nitrogens is 1. The number of rotatable bonds is 6. The summed E-state index contributed by atoms with van der Waals surface area (Å²) in [5.41, 5.74) is 5.71. The van der Waals surface area contributed by atoms with Crippen LogP contribution in [0.25, 0.3) is 0 Å². The highest BCUT2D eigenvalue weighted by Crippen LogP contribution is 2.26. The van der Waals surface area contributed by atoms with Crippen LogP contribution in [-0.2, 0) is 10.0 Å². The summed E-state index contributed by atoms with van der Waals surface area (Å²) in [7, 11) is -3.67. The van der Waals surface area contributed by atoms with E-state index in [1.54, 1.807) is 24.3 Å². The SMILES string of the molecule is NCCOc1ccccc1NS(=O)(=O)c1cn[nH]c1. The van der Waals surface area contributed by atoms with E-state index in [1.165, 1.54) is 12.4 Å². The molecule has 1 heterocycles. The maximum absolute atomic E-state index is 12.0. The molecule has 2 rings (SSSR count). The van der Waals surface area contributed by atoms with Gasteiger partial charge in [-0.25, -0.2) is 8.42 Å². The lowest BCUT2D eigenvalue weighted by atomic mass is 10.3. The van der Waals surface area contributed by atoms with Gasteiger partial charge in [0.2, 0.25) is 0 Å². The van der Waals surface area contributed by atoms with E-state index in [9.17, 15) is 8.42 Å². The first-order chi connectivity index (χ1) is 9.13. The Morgan fingerprint density at radius 3 is 2.84 bits per heavy atom. The van der Waals surface area contributed by atoms with Gasteiger partial charge < -0.3 is 10.5 Å². The molecule has 0 radical (unpaired) electrons. The molecule has 0 aliphatic heterocycles. The van der Waals surface area contributed by atoms with E-state index in [-0.39, 0.29) is 4.90 Å². The van der Waals surface area contributed by atoms with Gasteiger partial charge >= 0.3 is 0 Å². The zero-order valence-corrected chi connectivity index (χ0v) is 10.9. The molecule has 0 atom stereocenters. The number of aromatic amines is 1. The fourth-order valence-electron chi connectivity index (χ4n) is 1.44. The summed E-state index contributed by atoms with van der Waals surface area (Å²) in [5.74, 6) is 0.431. The Morgan fingerprint density at radius 1 is 1.37 bits per heavy atom. The Bertz CT molecular complexity index is 625. The molecule has 1 aromatic heterocycles. The van der Waals surface area contributed by atoms with E-state index in [0.717, 1.165) is 0 Å². The highest BCUT2D eigenvalue weighted by molar-refractivity contribution is 7.92. The second-order valence-corrected chi connectivity index (χ2v) is 5.36. The van der Waals surface area contributed by atoms with E-state index >= 15 is 0 Å². The van der Waals surface area contributed by atoms with Crippen LogP contribution in [0, 0.1) is 0 Å². The number of hydrogen-bond acceptors (Lipinski definition) is 5. The molecule has 0 bridgehead atoms. The predicted octanol–water partition coefficient (Wildman–Crippen LogP) is 0.548. The zero-order chi connectivity index (χ0) is 13.7. The molecule has 4 N–H and O–H groups in total. The van der Waals surface area contributed by atoms with Gasteiger partial charge in [-0.3, -0.25) is 9.82 Å². The van der Waals surface area contributed by atoms with Crippen LogP contribution >= 0.6 is 0 Å². The second-order valence-electron chi connectivity index (χ2n) is 3.67. The van der Waals surface area contributed by atoms with Gasteiger partial charge in [0.1, 0.15) is 17.3 Å². The summed E-state index contributed by atoms with van der Waals surface area (Å²) >= 11 is 0. The highest BCUT2D eigenvalue weighted by Gasteiger charge is 2.17. The van der Waals surface area contributed by atoms with Gasteiger partial charge in [-0.2, -0.15) is 5.10 Å². The largest absolute Gasteiger partial charge is 0.490 e. The quantitative estimate of drug-likeness (QED) is 0.716. The Morgan fingerprint density at radius 2 is 2.16 bits per heavy atom. The Kier molecular flexibility index (Phi) is 4.03. The average Bonchev–Trinajstić information content (AvgIpc) is 2.92. The minimum atomic E-state index is -3.67. The molecule has 0 aliphatic rings. The van der Waals surface area contributed by atoms with Crippen LogP contribution in [0.3, 0.4) is 0 Å². The number of sulfonamides is 1. The molecule has 19 heavy (non-hydrogen) atoms. The van der Waals surface area contributed by atoms with E-state index < -0.39 is 10.0 Å². The number of hydrogen-bond donors (Lipinski definition) is 3. The van der Waals surface area contributed by atoms with Crippen LogP contribution in [0.2, 0.25) is 0 Å². The van der Waals surface area contributed by atoms with Crippen LogP contribution in [0.1, 0.15) is 0 Å². The zero-order valence-electron chi connectivity index (χ0n) is 10.0. The fraction of sp³-hybridized carbons (Fsp3) is 0.182. The van der Waals surface area contributed by atoms with Crippen molar-refractivity contribution < 1.29 is 13.2 Å². The molecule has 102 valence electrons. The van der Waals surface area contributed by atoms with Crippen molar-refractivity contribution in [3.8, 4) is 5.75 Å². The molecule has 2 aromatic rings. The summed E-state index contributed by atoms with van der Waals surface area (Å²) in [6, 6.07) is 6.75. The van der Waals surface area contributed by atoms with Gasteiger partial charge in [-0.05, 0) is 12.1 Å². The van der Waals surface area contributed by atoms with Gasteiger partial charge in [0.15, 0.2) is 0 Å². The summed E-state index contributed by atoms with van der Waals surface area (Å²) in [6.45, 7) is 0.660. The molecular formula is C11H14N4O3S.